The number of fused-ring (bicyclic) bond motifs is 4. The Balaban J connectivity index is 2.21. The van der Waals surface area contributed by atoms with E-state index >= 15 is 0 Å². The van der Waals surface area contributed by atoms with Crippen molar-refractivity contribution in [1.29, 1.82) is 0 Å². The van der Waals surface area contributed by atoms with E-state index in [0.717, 1.165) is 27.3 Å². The van der Waals surface area contributed by atoms with Crippen molar-refractivity contribution in [3.05, 3.63) is 24.3 Å². The van der Waals surface area contributed by atoms with Crippen molar-refractivity contribution < 1.29 is 28.4 Å². The van der Waals surface area contributed by atoms with E-state index in [9.17, 15) is 0 Å². The van der Waals surface area contributed by atoms with Crippen LogP contribution >= 0.6 is 0 Å². The van der Waals surface area contributed by atoms with Crippen LogP contribution in [0.4, 0.5) is 0 Å². The summed E-state index contributed by atoms with van der Waals surface area (Å²) in [6.07, 6.45) is 0. The lowest BCUT2D eigenvalue weighted by Gasteiger charge is -2.17. The highest BCUT2D eigenvalue weighted by Crippen LogP contribution is 2.50. The smallest absolute Gasteiger partial charge is 0.231 e. The summed E-state index contributed by atoms with van der Waals surface area (Å²) in [7, 11) is 6.44. The fraction of sp³-hybridized carbons (Fsp3) is 0.263. The second-order valence-electron chi connectivity index (χ2n) is 5.57. The predicted octanol–water partition coefficient (Wildman–Crippen LogP) is 3.76. The molecule has 0 amide bonds. The van der Waals surface area contributed by atoms with Gasteiger partial charge in [-0.05, 0) is 29.7 Å². The van der Waals surface area contributed by atoms with Gasteiger partial charge in [0, 0.05) is 16.2 Å². The highest BCUT2D eigenvalue weighted by molar-refractivity contribution is 6.15. The third-order valence-electron chi connectivity index (χ3n) is 4.41. The number of ether oxygens (including phenoxy) is 6. The fourth-order valence-electron chi connectivity index (χ4n) is 3.31. The van der Waals surface area contributed by atoms with Crippen LogP contribution < -0.4 is 28.4 Å². The third kappa shape index (κ3) is 2.17. The lowest BCUT2D eigenvalue weighted by molar-refractivity contribution is 0.174. The van der Waals surface area contributed by atoms with Crippen molar-refractivity contribution in [2.45, 2.75) is 0 Å². The SMILES string of the molecule is COc1cc2cc(OC)c3cc4c(cc3c2c(OC)c1OC)OCO4. The van der Waals surface area contributed by atoms with E-state index in [2.05, 4.69) is 0 Å². The van der Waals surface area contributed by atoms with E-state index in [0.29, 0.717) is 28.7 Å². The maximum absolute atomic E-state index is 5.68. The van der Waals surface area contributed by atoms with Crippen molar-refractivity contribution in [3.8, 4) is 34.5 Å². The van der Waals surface area contributed by atoms with Gasteiger partial charge in [-0.2, -0.15) is 0 Å². The van der Waals surface area contributed by atoms with Crippen LogP contribution in [0.3, 0.4) is 0 Å². The Labute approximate surface area is 144 Å². The van der Waals surface area contributed by atoms with Crippen molar-refractivity contribution in [3.63, 3.8) is 0 Å². The normalized spacial score (nSPS) is 12.5. The summed E-state index contributed by atoms with van der Waals surface area (Å²) in [6.45, 7) is 0.209. The van der Waals surface area contributed by atoms with E-state index in [4.69, 9.17) is 28.4 Å². The molecule has 0 saturated carbocycles. The first-order valence-electron chi connectivity index (χ1n) is 7.74. The first-order valence-corrected chi connectivity index (χ1v) is 7.74. The molecule has 1 aliphatic rings. The quantitative estimate of drug-likeness (QED) is 0.673. The topological polar surface area (TPSA) is 55.4 Å². The molecule has 0 bridgehead atoms. The van der Waals surface area contributed by atoms with Gasteiger partial charge in [0.1, 0.15) is 5.75 Å². The first kappa shape index (κ1) is 15.5. The van der Waals surface area contributed by atoms with Crippen LogP contribution in [0.25, 0.3) is 21.5 Å². The van der Waals surface area contributed by atoms with E-state index < -0.39 is 0 Å². The largest absolute Gasteiger partial charge is 0.496 e. The average Bonchev–Trinajstić information content (AvgIpc) is 3.11. The van der Waals surface area contributed by atoms with Crippen LogP contribution in [0.1, 0.15) is 0 Å². The molecule has 0 atom stereocenters. The minimum Gasteiger partial charge on any atom is -0.496 e. The molecule has 1 heterocycles. The van der Waals surface area contributed by atoms with Gasteiger partial charge in [-0.1, -0.05) is 0 Å². The standard InChI is InChI=1S/C19H18O6/c1-20-13-5-10-6-16(21-2)18(22-3)19(23-4)17(10)12-8-15-14(7-11(12)13)24-9-25-15/h5-8H,9H2,1-4H3. The van der Waals surface area contributed by atoms with Crippen molar-refractivity contribution in [2.24, 2.45) is 0 Å². The number of benzene rings is 3. The molecule has 25 heavy (non-hydrogen) atoms. The summed E-state index contributed by atoms with van der Waals surface area (Å²) in [5.74, 6) is 3.86. The molecule has 6 heteroatoms. The zero-order valence-electron chi connectivity index (χ0n) is 14.5. The molecular weight excluding hydrogens is 324 g/mol. The summed E-state index contributed by atoms with van der Waals surface area (Å²) < 4.78 is 33.3. The lowest BCUT2D eigenvalue weighted by Crippen LogP contribution is -1.97. The average molecular weight is 342 g/mol. The van der Waals surface area contributed by atoms with Gasteiger partial charge in [-0.3, -0.25) is 0 Å². The van der Waals surface area contributed by atoms with E-state index in [1.165, 1.54) is 0 Å². The molecule has 3 aromatic carbocycles. The molecule has 0 fully saturated rings. The van der Waals surface area contributed by atoms with E-state index in [1.54, 1.807) is 28.4 Å². The van der Waals surface area contributed by atoms with Crippen LogP contribution in [0, 0.1) is 0 Å². The molecule has 0 radical (unpaired) electrons. The molecule has 0 N–H and O–H groups in total. The van der Waals surface area contributed by atoms with Crippen LogP contribution in [-0.4, -0.2) is 35.2 Å². The Kier molecular flexibility index (Phi) is 3.60. The molecule has 1 aliphatic heterocycles. The number of hydrogen-bond acceptors (Lipinski definition) is 6. The van der Waals surface area contributed by atoms with Crippen LogP contribution in [0.5, 0.6) is 34.5 Å². The zero-order chi connectivity index (χ0) is 17.6. The summed E-state index contributed by atoms with van der Waals surface area (Å²) in [4.78, 5) is 0. The monoisotopic (exact) mass is 342 g/mol. The van der Waals surface area contributed by atoms with Gasteiger partial charge in [-0.15, -0.1) is 0 Å². The first-order chi connectivity index (χ1) is 12.2. The number of rotatable bonds is 4. The highest BCUT2D eigenvalue weighted by Gasteiger charge is 2.23. The van der Waals surface area contributed by atoms with Crippen molar-refractivity contribution in [1.82, 2.24) is 0 Å². The van der Waals surface area contributed by atoms with Crippen molar-refractivity contribution in [2.75, 3.05) is 35.2 Å². The molecule has 4 rings (SSSR count). The van der Waals surface area contributed by atoms with Crippen LogP contribution in [-0.2, 0) is 0 Å². The Morgan fingerprint density at radius 1 is 0.680 bits per heavy atom. The molecule has 0 spiro atoms. The second kappa shape index (κ2) is 5.81. The Hall–Kier alpha value is -3.02. The summed E-state index contributed by atoms with van der Waals surface area (Å²) >= 11 is 0. The highest BCUT2D eigenvalue weighted by atomic mass is 16.7. The molecule has 0 aliphatic carbocycles. The molecule has 3 aromatic rings. The maximum Gasteiger partial charge on any atom is 0.231 e. The van der Waals surface area contributed by atoms with Gasteiger partial charge in [0.25, 0.3) is 0 Å². The van der Waals surface area contributed by atoms with E-state index in [1.807, 2.05) is 24.3 Å². The second-order valence-corrected chi connectivity index (χ2v) is 5.57. The summed E-state index contributed by atoms with van der Waals surface area (Å²) in [5, 5.41) is 3.65. The van der Waals surface area contributed by atoms with Gasteiger partial charge in [0.15, 0.2) is 23.0 Å². The zero-order valence-corrected chi connectivity index (χ0v) is 14.5. The summed E-state index contributed by atoms with van der Waals surface area (Å²) in [6, 6.07) is 7.72. The molecule has 6 nitrogen and oxygen atoms in total. The Bertz CT molecular complexity index is 979. The van der Waals surface area contributed by atoms with Gasteiger partial charge in [0.05, 0.1) is 28.4 Å². The maximum atomic E-state index is 5.68. The molecule has 0 unspecified atom stereocenters. The van der Waals surface area contributed by atoms with Gasteiger partial charge in [0.2, 0.25) is 12.5 Å². The number of methoxy groups -OCH3 is 4. The lowest BCUT2D eigenvalue weighted by atomic mass is 9.98. The van der Waals surface area contributed by atoms with E-state index in [-0.39, 0.29) is 6.79 Å². The molecule has 0 saturated heterocycles. The fourth-order valence-corrected chi connectivity index (χ4v) is 3.31. The molecular formula is C19H18O6. The van der Waals surface area contributed by atoms with Gasteiger partial charge >= 0.3 is 0 Å². The summed E-state index contributed by atoms with van der Waals surface area (Å²) in [5.41, 5.74) is 0. The Morgan fingerprint density at radius 3 is 1.88 bits per heavy atom. The van der Waals surface area contributed by atoms with Crippen LogP contribution in [0.15, 0.2) is 24.3 Å². The van der Waals surface area contributed by atoms with Gasteiger partial charge < -0.3 is 28.4 Å². The minimum absolute atomic E-state index is 0.209. The Morgan fingerprint density at radius 2 is 1.28 bits per heavy atom. The molecule has 130 valence electrons. The van der Waals surface area contributed by atoms with Crippen LogP contribution in [0.2, 0.25) is 0 Å². The van der Waals surface area contributed by atoms with Crippen molar-refractivity contribution >= 4 is 21.5 Å². The third-order valence-corrected chi connectivity index (χ3v) is 4.41. The predicted molar refractivity (Wildman–Crippen MR) is 93.8 cm³/mol. The minimum atomic E-state index is 0.209. The van der Waals surface area contributed by atoms with Gasteiger partial charge in [-0.25, -0.2) is 0 Å². The molecule has 0 aromatic heterocycles. The number of hydrogen-bond donors (Lipinski definition) is 0.